The Bertz CT molecular complexity index is 654. The summed E-state index contributed by atoms with van der Waals surface area (Å²) in [6, 6.07) is 8.77. The van der Waals surface area contributed by atoms with Gasteiger partial charge in [-0.1, -0.05) is 12.1 Å². The Morgan fingerprint density at radius 2 is 2.26 bits per heavy atom. The molecule has 1 atom stereocenters. The van der Waals surface area contributed by atoms with Crippen LogP contribution in [-0.4, -0.2) is 65.1 Å². The predicted molar refractivity (Wildman–Crippen MR) is 98.3 cm³/mol. The van der Waals surface area contributed by atoms with Crippen LogP contribution in [0, 0.1) is 21.4 Å². The summed E-state index contributed by atoms with van der Waals surface area (Å²) in [5, 5.41) is 31.1. The van der Waals surface area contributed by atoms with Crippen molar-refractivity contribution in [3.63, 3.8) is 0 Å². The summed E-state index contributed by atoms with van der Waals surface area (Å²) in [7, 11) is 0. The minimum atomic E-state index is -0.876. The summed E-state index contributed by atoms with van der Waals surface area (Å²) in [5.74, 6) is 0.505. The Morgan fingerprint density at radius 1 is 1.52 bits per heavy atom. The summed E-state index contributed by atoms with van der Waals surface area (Å²) in [4.78, 5) is 25.8. The third-order valence-electron chi connectivity index (χ3n) is 3.19. The lowest BCUT2D eigenvalue weighted by Crippen LogP contribution is -2.36. The molecule has 0 heterocycles. The molecule has 2 N–H and O–H groups in total. The number of carbonyl (C=O) groups excluding carboxylic acids is 1. The zero-order valence-corrected chi connectivity index (χ0v) is 15.7. The van der Waals surface area contributed by atoms with Crippen LogP contribution >= 0.6 is 11.9 Å². The lowest BCUT2D eigenvalue weighted by atomic mass is 10.2. The van der Waals surface area contributed by atoms with Crippen molar-refractivity contribution >= 4 is 17.9 Å². The van der Waals surface area contributed by atoms with Gasteiger partial charge in [0.1, 0.15) is 31.1 Å². The molecule has 0 aliphatic heterocycles. The highest BCUT2D eigenvalue weighted by Crippen LogP contribution is 2.16. The van der Waals surface area contributed by atoms with E-state index in [1.807, 2.05) is 6.07 Å². The first-order valence-electron chi connectivity index (χ1n) is 8.13. The quantitative estimate of drug-likeness (QED) is 0.212. The van der Waals surface area contributed by atoms with Gasteiger partial charge in [-0.15, -0.1) is 10.1 Å². The molecule has 0 aromatic heterocycles. The first-order chi connectivity index (χ1) is 12.9. The summed E-state index contributed by atoms with van der Waals surface area (Å²) < 4.78 is 6.90. The maximum atomic E-state index is 11.5. The molecule has 0 radical (unpaired) electrons. The van der Waals surface area contributed by atoms with E-state index in [2.05, 4.69) is 10.2 Å². The van der Waals surface area contributed by atoms with Crippen molar-refractivity contribution in [3.05, 3.63) is 39.9 Å². The van der Waals surface area contributed by atoms with Crippen molar-refractivity contribution < 1.29 is 24.6 Å². The smallest absolute Gasteiger partial charge is 0.294 e. The topological polar surface area (TPSA) is 138 Å². The number of nitrogens with one attached hydrogen (secondary N) is 1. The number of hydrogen-bond acceptors (Lipinski definition) is 9. The second kappa shape index (κ2) is 12.7. The van der Waals surface area contributed by atoms with Crippen LogP contribution in [0.25, 0.3) is 0 Å². The van der Waals surface area contributed by atoms with Crippen LogP contribution in [0.3, 0.4) is 0 Å². The summed E-state index contributed by atoms with van der Waals surface area (Å²) in [5.41, 5.74) is 0.396. The third kappa shape index (κ3) is 9.64. The highest BCUT2D eigenvalue weighted by atomic mass is 32.2. The van der Waals surface area contributed by atoms with E-state index in [0.29, 0.717) is 24.4 Å². The normalized spacial score (nSPS) is 11.3. The maximum absolute atomic E-state index is 11.5. The van der Waals surface area contributed by atoms with Gasteiger partial charge in [-0.25, -0.2) is 0 Å². The molecule has 1 aromatic rings. The number of amides is 1. The van der Waals surface area contributed by atoms with Crippen LogP contribution in [0.4, 0.5) is 0 Å². The Balaban J connectivity index is 2.23. The Hall–Kier alpha value is -2.55. The predicted octanol–water partition coefficient (Wildman–Crippen LogP) is 0.593. The molecule has 1 amide bonds. The maximum Gasteiger partial charge on any atom is 0.294 e. The molecular weight excluding hydrogens is 376 g/mol. The van der Waals surface area contributed by atoms with Crippen LogP contribution < -0.4 is 10.1 Å². The lowest BCUT2D eigenvalue weighted by Gasteiger charge is -2.20. The number of benzene rings is 1. The van der Waals surface area contributed by atoms with Crippen molar-refractivity contribution in [2.45, 2.75) is 13.0 Å². The molecule has 0 bridgehead atoms. The first-order valence-corrected chi connectivity index (χ1v) is 9.07. The zero-order chi connectivity index (χ0) is 20.1. The number of ether oxygens (including phenoxy) is 1. The number of carbonyl (C=O) groups is 1. The molecule has 1 rings (SSSR count). The number of para-hydroxylation sites is 1. The van der Waals surface area contributed by atoms with E-state index in [1.54, 1.807) is 24.3 Å². The number of aliphatic hydroxyl groups is 1. The SMILES string of the molecule is CC(=O)N(CCNCC(O)COc1ccccc1C#N)SCCO[N+](=O)[O-]. The van der Waals surface area contributed by atoms with E-state index in [9.17, 15) is 20.0 Å². The highest BCUT2D eigenvalue weighted by molar-refractivity contribution is 7.97. The average molecular weight is 398 g/mol. The fraction of sp³-hybridized carbons (Fsp3) is 0.500. The molecule has 27 heavy (non-hydrogen) atoms. The molecule has 0 aliphatic carbocycles. The van der Waals surface area contributed by atoms with Gasteiger partial charge in [0.2, 0.25) is 5.91 Å². The summed E-state index contributed by atoms with van der Waals surface area (Å²) in [6.45, 7) is 2.36. The van der Waals surface area contributed by atoms with Crippen LogP contribution in [0.1, 0.15) is 12.5 Å². The molecule has 0 aliphatic rings. The first kappa shape index (κ1) is 22.5. The lowest BCUT2D eigenvalue weighted by molar-refractivity contribution is -0.756. The molecule has 10 nitrogen and oxygen atoms in total. The van der Waals surface area contributed by atoms with Gasteiger partial charge in [-0.05, 0) is 24.1 Å². The molecule has 0 saturated carbocycles. The molecule has 0 saturated heterocycles. The van der Waals surface area contributed by atoms with Gasteiger partial charge >= 0.3 is 0 Å². The van der Waals surface area contributed by atoms with Gasteiger partial charge in [0.15, 0.2) is 0 Å². The molecule has 0 spiro atoms. The minimum absolute atomic E-state index is 0.0229. The van der Waals surface area contributed by atoms with Crippen LogP contribution in [0.5, 0.6) is 5.75 Å². The van der Waals surface area contributed by atoms with Crippen LogP contribution in [0.15, 0.2) is 24.3 Å². The van der Waals surface area contributed by atoms with Crippen molar-refractivity contribution in [2.75, 3.05) is 38.6 Å². The van der Waals surface area contributed by atoms with Gasteiger partial charge in [0, 0.05) is 32.3 Å². The molecular formula is C16H22N4O6S. The second-order valence-corrected chi connectivity index (χ2v) is 6.40. The van der Waals surface area contributed by atoms with E-state index < -0.39 is 11.2 Å². The van der Waals surface area contributed by atoms with E-state index in [0.717, 1.165) is 11.9 Å². The number of aliphatic hydroxyl groups excluding tert-OH is 1. The van der Waals surface area contributed by atoms with Gasteiger partial charge in [0.05, 0.1) is 5.56 Å². The Morgan fingerprint density at radius 3 is 2.93 bits per heavy atom. The zero-order valence-electron chi connectivity index (χ0n) is 14.9. The number of hydrogen-bond donors (Lipinski definition) is 2. The standard InChI is InChI=1S/C16H22N4O6S/c1-13(21)19(27-9-8-26-20(23)24)7-6-18-11-15(22)12-25-16-5-3-2-4-14(16)10-17/h2-5,15,18,22H,6-9,11-12H2,1H3. The Labute approximate surface area is 161 Å². The van der Waals surface area contributed by atoms with Crippen molar-refractivity contribution in [3.8, 4) is 11.8 Å². The van der Waals surface area contributed by atoms with Crippen molar-refractivity contribution in [2.24, 2.45) is 0 Å². The molecule has 11 heteroatoms. The molecule has 148 valence electrons. The summed E-state index contributed by atoms with van der Waals surface area (Å²) in [6.07, 6.45) is -0.788. The largest absolute Gasteiger partial charge is 0.489 e. The summed E-state index contributed by atoms with van der Waals surface area (Å²) >= 11 is 1.14. The minimum Gasteiger partial charge on any atom is -0.489 e. The average Bonchev–Trinajstić information content (AvgIpc) is 2.64. The molecule has 1 aromatic carbocycles. The second-order valence-electron chi connectivity index (χ2n) is 5.29. The van der Waals surface area contributed by atoms with Crippen molar-refractivity contribution in [1.29, 1.82) is 5.26 Å². The number of rotatable bonds is 13. The van der Waals surface area contributed by atoms with Gasteiger partial charge in [0.25, 0.3) is 5.09 Å². The fourth-order valence-corrected chi connectivity index (χ4v) is 2.72. The van der Waals surface area contributed by atoms with E-state index in [-0.39, 0.29) is 31.4 Å². The molecule has 0 fully saturated rings. The van der Waals surface area contributed by atoms with E-state index in [1.165, 1.54) is 11.2 Å². The van der Waals surface area contributed by atoms with E-state index in [4.69, 9.17) is 10.00 Å². The van der Waals surface area contributed by atoms with Gasteiger partial charge in [-0.2, -0.15) is 5.26 Å². The van der Waals surface area contributed by atoms with Crippen molar-refractivity contribution in [1.82, 2.24) is 9.62 Å². The number of nitrogens with zero attached hydrogens (tertiary/aromatic N) is 3. The third-order valence-corrected chi connectivity index (χ3v) is 4.29. The molecule has 1 unspecified atom stereocenters. The van der Waals surface area contributed by atoms with E-state index >= 15 is 0 Å². The highest BCUT2D eigenvalue weighted by Gasteiger charge is 2.11. The Kier molecular flexibility index (Phi) is 10.6. The van der Waals surface area contributed by atoms with Crippen LogP contribution in [-0.2, 0) is 9.63 Å². The monoisotopic (exact) mass is 398 g/mol. The fourth-order valence-electron chi connectivity index (χ4n) is 1.95. The number of nitriles is 1. The van der Waals surface area contributed by atoms with Gasteiger partial charge in [-0.3, -0.25) is 9.10 Å². The van der Waals surface area contributed by atoms with Gasteiger partial charge < -0.3 is 20.0 Å². The van der Waals surface area contributed by atoms with Crippen LogP contribution in [0.2, 0.25) is 0 Å².